The molecule has 1 heterocycles. The number of aromatic amines is 1. The van der Waals surface area contributed by atoms with E-state index in [1.165, 1.54) is 11.8 Å². The molecule has 7 heteroatoms. The number of benzene rings is 1. The molecule has 0 aliphatic rings. The second-order valence-corrected chi connectivity index (χ2v) is 6.31. The second kappa shape index (κ2) is 8.57. The van der Waals surface area contributed by atoms with Crippen LogP contribution in [0.3, 0.4) is 0 Å². The van der Waals surface area contributed by atoms with Crippen LogP contribution in [0, 0.1) is 0 Å². The van der Waals surface area contributed by atoms with Gasteiger partial charge in [0.05, 0.1) is 5.75 Å². The number of amides is 1. The van der Waals surface area contributed by atoms with E-state index in [9.17, 15) is 9.59 Å². The van der Waals surface area contributed by atoms with Gasteiger partial charge < -0.3 is 5.32 Å². The lowest BCUT2D eigenvalue weighted by atomic mass is 10.1. The molecule has 6 nitrogen and oxygen atoms in total. The number of H-pyrrole nitrogens is 1. The fourth-order valence-corrected chi connectivity index (χ4v) is 2.83. The molecule has 0 aliphatic heterocycles. The van der Waals surface area contributed by atoms with Crippen LogP contribution < -0.4 is 11.0 Å². The predicted octanol–water partition coefficient (Wildman–Crippen LogP) is 1.82. The molecule has 0 saturated carbocycles. The zero-order chi connectivity index (χ0) is 16.7. The first-order valence-corrected chi connectivity index (χ1v) is 8.70. The van der Waals surface area contributed by atoms with Gasteiger partial charge in [-0.05, 0) is 25.3 Å². The third-order valence-electron chi connectivity index (χ3n) is 3.54. The van der Waals surface area contributed by atoms with E-state index in [2.05, 4.69) is 15.5 Å². The largest absolute Gasteiger partial charge is 0.353 e. The smallest absolute Gasteiger partial charge is 0.343 e. The van der Waals surface area contributed by atoms with Crippen molar-refractivity contribution < 1.29 is 4.79 Å². The number of carbonyl (C=O) groups excluding carboxylic acids is 1. The lowest BCUT2D eigenvalue weighted by Crippen LogP contribution is -2.33. The molecule has 0 radical (unpaired) electrons. The van der Waals surface area contributed by atoms with Crippen LogP contribution in [-0.4, -0.2) is 32.5 Å². The first kappa shape index (κ1) is 17.3. The molecule has 2 aromatic rings. The van der Waals surface area contributed by atoms with E-state index in [1.807, 2.05) is 44.2 Å². The number of hydrogen-bond donors (Lipinski definition) is 2. The quantitative estimate of drug-likeness (QED) is 0.722. The maximum Gasteiger partial charge on any atom is 0.343 e. The van der Waals surface area contributed by atoms with Gasteiger partial charge in [0.1, 0.15) is 0 Å². The molecular weight excluding hydrogens is 312 g/mol. The van der Waals surface area contributed by atoms with Gasteiger partial charge in [-0.3, -0.25) is 9.36 Å². The van der Waals surface area contributed by atoms with Gasteiger partial charge in [-0.1, -0.05) is 49.0 Å². The maximum absolute atomic E-state index is 11.9. The van der Waals surface area contributed by atoms with Crippen LogP contribution in [0.1, 0.15) is 25.8 Å². The molecule has 0 bridgehead atoms. The van der Waals surface area contributed by atoms with Crippen LogP contribution >= 0.6 is 11.8 Å². The summed E-state index contributed by atoms with van der Waals surface area (Å²) in [6, 6.07) is 10.1. The van der Waals surface area contributed by atoms with E-state index < -0.39 is 0 Å². The summed E-state index contributed by atoms with van der Waals surface area (Å²) in [4.78, 5) is 23.7. The number of rotatable bonds is 8. The Bertz CT molecular complexity index is 681. The van der Waals surface area contributed by atoms with Crippen LogP contribution in [0.4, 0.5) is 0 Å². The van der Waals surface area contributed by atoms with Gasteiger partial charge >= 0.3 is 5.69 Å². The fourth-order valence-electron chi connectivity index (χ4n) is 2.04. The number of hydrogen-bond acceptors (Lipinski definition) is 4. The minimum Gasteiger partial charge on any atom is -0.353 e. The van der Waals surface area contributed by atoms with Crippen molar-refractivity contribution in [2.24, 2.45) is 0 Å². The Morgan fingerprint density at radius 1 is 1.39 bits per heavy atom. The maximum atomic E-state index is 11.9. The highest BCUT2D eigenvalue weighted by atomic mass is 32.2. The first-order chi connectivity index (χ1) is 11.1. The Kier molecular flexibility index (Phi) is 6.46. The zero-order valence-corrected chi connectivity index (χ0v) is 14.2. The van der Waals surface area contributed by atoms with Gasteiger partial charge in [0.25, 0.3) is 0 Å². The number of thioether (sulfide) groups is 1. The topological polar surface area (TPSA) is 79.8 Å². The van der Waals surface area contributed by atoms with Gasteiger partial charge in [0.2, 0.25) is 5.91 Å². The van der Waals surface area contributed by atoms with Crippen LogP contribution in [0.2, 0.25) is 0 Å². The highest BCUT2D eigenvalue weighted by molar-refractivity contribution is 7.99. The van der Waals surface area contributed by atoms with Crippen molar-refractivity contribution in [3.8, 4) is 0 Å². The second-order valence-electron chi connectivity index (χ2n) is 5.36. The summed E-state index contributed by atoms with van der Waals surface area (Å²) in [6.07, 6.45) is 1.63. The van der Waals surface area contributed by atoms with Crippen LogP contribution in [0.25, 0.3) is 0 Å². The Balaban J connectivity index is 1.93. The number of nitrogens with zero attached hydrogens (tertiary/aromatic N) is 2. The number of aromatic nitrogens is 3. The van der Waals surface area contributed by atoms with Crippen molar-refractivity contribution >= 4 is 17.7 Å². The predicted molar refractivity (Wildman–Crippen MR) is 91.6 cm³/mol. The first-order valence-electron chi connectivity index (χ1n) is 7.71. The molecule has 1 atom stereocenters. The van der Waals surface area contributed by atoms with E-state index in [-0.39, 0.29) is 23.4 Å². The van der Waals surface area contributed by atoms with Crippen molar-refractivity contribution in [1.29, 1.82) is 0 Å². The molecule has 0 aliphatic carbocycles. The molecule has 0 saturated heterocycles. The van der Waals surface area contributed by atoms with Gasteiger partial charge in [-0.2, -0.15) is 0 Å². The van der Waals surface area contributed by atoms with Crippen molar-refractivity contribution in [3.63, 3.8) is 0 Å². The van der Waals surface area contributed by atoms with Gasteiger partial charge in [-0.25, -0.2) is 9.89 Å². The molecule has 1 aromatic heterocycles. The fraction of sp³-hybridized carbons (Fsp3) is 0.438. The minimum absolute atomic E-state index is 0.0468. The Morgan fingerprint density at radius 3 is 2.83 bits per heavy atom. The molecule has 0 spiro atoms. The Labute approximate surface area is 139 Å². The standard InChI is InChI=1S/C16H22N4O2S/c1-3-12(2)17-14(21)11-23-16-19-18-15(22)20(16)10-9-13-7-5-4-6-8-13/h4-8,12H,3,9-11H2,1-2H3,(H,17,21)(H,18,22)/t12-/m0/s1. The average Bonchev–Trinajstić information content (AvgIpc) is 2.92. The highest BCUT2D eigenvalue weighted by Gasteiger charge is 2.12. The third kappa shape index (κ3) is 5.28. The summed E-state index contributed by atoms with van der Waals surface area (Å²) in [5.41, 5.74) is 0.914. The Morgan fingerprint density at radius 2 is 2.13 bits per heavy atom. The summed E-state index contributed by atoms with van der Waals surface area (Å²) >= 11 is 1.27. The van der Waals surface area contributed by atoms with E-state index >= 15 is 0 Å². The Hall–Kier alpha value is -2.02. The van der Waals surface area contributed by atoms with Crippen molar-refractivity contribution in [2.75, 3.05) is 5.75 Å². The van der Waals surface area contributed by atoms with Crippen molar-refractivity contribution in [2.45, 2.75) is 44.4 Å². The number of aryl methyl sites for hydroxylation is 1. The SMILES string of the molecule is CC[C@H](C)NC(=O)CSc1n[nH]c(=O)n1CCc1ccccc1. The molecule has 1 aromatic carbocycles. The lowest BCUT2D eigenvalue weighted by molar-refractivity contribution is -0.119. The summed E-state index contributed by atoms with van der Waals surface area (Å²) in [6.45, 7) is 4.52. The molecule has 23 heavy (non-hydrogen) atoms. The monoisotopic (exact) mass is 334 g/mol. The van der Waals surface area contributed by atoms with Crippen LogP contribution in [-0.2, 0) is 17.8 Å². The third-order valence-corrected chi connectivity index (χ3v) is 4.52. The van der Waals surface area contributed by atoms with Gasteiger partial charge in [-0.15, -0.1) is 5.10 Å². The molecular formula is C16H22N4O2S. The van der Waals surface area contributed by atoms with Crippen LogP contribution in [0.5, 0.6) is 0 Å². The summed E-state index contributed by atoms with van der Waals surface area (Å²) in [5, 5.41) is 9.91. The van der Waals surface area contributed by atoms with Gasteiger partial charge in [0, 0.05) is 12.6 Å². The van der Waals surface area contributed by atoms with Crippen molar-refractivity contribution in [1.82, 2.24) is 20.1 Å². The molecule has 0 fully saturated rings. The average molecular weight is 334 g/mol. The van der Waals surface area contributed by atoms with E-state index in [0.29, 0.717) is 11.7 Å². The summed E-state index contributed by atoms with van der Waals surface area (Å²) in [7, 11) is 0. The van der Waals surface area contributed by atoms with E-state index in [1.54, 1.807) is 4.57 Å². The van der Waals surface area contributed by atoms with E-state index in [0.717, 1.165) is 18.4 Å². The molecule has 1 amide bonds. The zero-order valence-electron chi connectivity index (χ0n) is 13.4. The van der Waals surface area contributed by atoms with Crippen LogP contribution in [0.15, 0.2) is 40.3 Å². The summed E-state index contributed by atoms with van der Waals surface area (Å²) < 4.78 is 1.58. The summed E-state index contributed by atoms with van der Waals surface area (Å²) in [5.74, 6) is 0.203. The lowest BCUT2D eigenvalue weighted by Gasteiger charge is -2.11. The van der Waals surface area contributed by atoms with Gasteiger partial charge in [0.15, 0.2) is 5.16 Å². The number of carbonyl (C=O) groups is 1. The molecule has 0 unspecified atom stereocenters. The van der Waals surface area contributed by atoms with E-state index in [4.69, 9.17) is 0 Å². The highest BCUT2D eigenvalue weighted by Crippen LogP contribution is 2.13. The molecule has 2 rings (SSSR count). The number of nitrogens with one attached hydrogen (secondary N) is 2. The molecule has 124 valence electrons. The minimum atomic E-state index is -0.245. The molecule has 2 N–H and O–H groups in total. The normalized spacial score (nSPS) is 12.1. The van der Waals surface area contributed by atoms with Crippen molar-refractivity contribution in [3.05, 3.63) is 46.4 Å².